The smallest absolute Gasteiger partial charge is 0.343 e. The van der Waals surface area contributed by atoms with Gasteiger partial charge >= 0.3 is 5.97 Å². The van der Waals surface area contributed by atoms with Gasteiger partial charge in [0.1, 0.15) is 12.3 Å². The molecule has 0 fully saturated rings. The summed E-state index contributed by atoms with van der Waals surface area (Å²) < 4.78 is 37.8. The first-order valence-electron chi connectivity index (χ1n) is 11.0. The molecule has 3 rings (SSSR count). The van der Waals surface area contributed by atoms with Gasteiger partial charge in [-0.2, -0.15) is 5.10 Å². The summed E-state index contributed by atoms with van der Waals surface area (Å²) in [4.78, 5) is 24.0. The fourth-order valence-corrected chi connectivity index (χ4v) is 4.79. The summed E-state index contributed by atoms with van der Waals surface area (Å²) in [5.41, 5.74) is 5.08. The Hall–Kier alpha value is -4.18. The molecule has 0 aromatic heterocycles. The van der Waals surface area contributed by atoms with Crippen LogP contribution in [0.3, 0.4) is 0 Å². The predicted octanol–water partition coefficient (Wildman–Crippen LogP) is 3.20. The van der Waals surface area contributed by atoms with Crippen LogP contribution in [0.1, 0.15) is 16.7 Å². The molecule has 1 N–H and O–H groups in total. The summed E-state index contributed by atoms with van der Waals surface area (Å²) in [6.07, 6.45) is 1.38. The maximum atomic E-state index is 13.4. The Balaban J connectivity index is 1.76. The fraction of sp³-hybridized carbons (Fsp3) is 0.192. The highest BCUT2D eigenvalue weighted by atomic mass is 32.2. The number of hydrogen-bond acceptors (Lipinski definition) is 7. The van der Waals surface area contributed by atoms with Crippen LogP contribution < -0.4 is 14.5 Å². The van der Waals surface area contributed by atoms with E-state index in [0.29, 0.717) is 17.0 Å². The van der Waals surface area contributed by atoms with Crippen molar-refractivity contribution in [2.24, 2.45) is 5.10 Å². The summed E-state index contributed by atoms with van der Waals surface area (Å²) in [6, 6.07) is 20.0. The van der Waals surface area contributed by atoms with E-state index in [1.54, 1.807) is 54.6 Å². The van der Waals surface area contributed by atoms with E-state index in [-0.39, 0.29) is 11.5 Å². The average Bonchev–Trinajstić information content (AvgIpc) is 2.86. The van der Waals surface area contributed by atoms with Crippen LogP contribution in [-0.2, 0) is 24.3 Å². The topological polar surface area (TPSA) is 114 Å². The third-order valence-corrected chi connectivity index (χ3v) is 6.75. The number of methoxy groups -OCH3 is 1. The molecule has 0 aliphatic carbocycles. The Kier molecular flexibility index (Phi) is 8.80. The van der Waals surface area contributed by atoms with Crippen molar-refractivity contribution in [2.45, 2.75) is 18.7 Å². The maximum absolute atomic E-state index is 13.4. The number of amides is 1. The Labute approximate surface area is 210 Å². The maximum Gasteiger partial charge on any atom is 0.343 e. The van der Waals surface area contributed by atoms with Gasteiger partial charge in [0.05, 0.1) is 23.9 Å². The van der Waals surface area contributed by atoms with Crippen LogP contribution in [0.4, 0.5) is 5.69 Å². The van der Waals surface area contributed by atoms with Crippen LogP contribution in [0.15, 0.2) is 82.8 Å². The van der Waals surface area contributed by atoms with Crippen LogP contribution in [0.2, 0.25) is 0 Å². The number of carbonyl (C=O) groups is 2. The van der Waals surface area contributed by atoms with Gasteiger partial charge in [0.2, 0.25) is 0 Å². The zero-order valence-corrected chi connectivity index (χ0v) is 21.0. The zero-order chi connectivity index (χ0) is 26.1. The largest absolute Gasteiger partial charge is 0.482 e. The average molecular weight is 510 g/mol. The number of aryl methyl sites for hydroxylation is 2. The summed E-state index contributed by atoms with van der Waals surface area (Å²) >= 11 is 0. The minimum atomic E-state index is -4.01. The molecule has 9 nitrogen and oxygen atoms in total. The monoisotopic (exact) mass is 509 g/mol. The van der Waals surface area contributed by atoms with Gasteiger partial charge in [0.15, 0.2) is 6.61 Å². The van der Waals surface area contributed by atoms with Crippen molar-refractivity contribution in [3.05, 3.63) is 89.5 Å². The molecule has 0 saturated carbocycles. The standard InChI is InChI=1S/C26H27N3O6S/c1-19-12-20(2)14-22(13-19)29(36(32,33)24-10-5-4-6-11-24)17-25(30)28-27-16-21-8-7-9-23(15-21)35-18-26(31)34-3/h4-16H,17-18H2,1-3H3,(H,28,30)/b27-16+. The molecule has 36 heavy (non-hydrogen) atoms. The van der Waals surface area contributed by atoms with Gasteiger partial charge in [-0.15, -0.1) is 0 Å². The molecular formula is C26H27N3O6S. The second kappa shape index (κ2) is 12.0. The van der Waals surface area contributed by atoms with Crippen molar-refractivity contribution in [1.82, 2.24) is 5.43 Å². The number of nitrogens with one attached hydrogen (secondary N) is 1. The number of rotatable bonds is 10. The second-order valence-corrected chi connectivity index (χ2v) is 9.76. The van der Waals surface area contributed by atoms with Gasteiger partial charge < -0.3 is 9.47 Å². The van der Waals surface area contributed by atoms with E-state index in [9.17, 15) is 18.0 Å². The highest BCUT2D eigenvalue weighted by molar-refractivity contribution is 7.92. The molecule has 10 heteroatoms. The van der Waals surface area contributed by atoms with E-state index in [2.05, 4.69) is 15.3 Å². The molecule has 0 saturated heterocycles. The van der Waals surface area contributed by atoms with Gasteiger partial charge in [-0.1, -0.05) is 36.4 Å². The van der Waals surface area contributed by atoms with E-state index in [4.69, 9.17) is 4.74 Å². The number of esters is 1. The lowest BCUT2D eigenvalue weighted by Gasteiger charge is -2.24. The van der Waals surface area contributed by atoms with Crippen LogP contribution in [0, 0.1) is 13.8 Å². The van der Waals surface area contributed by atoms with E-state index in [0.717, 1.165) is 15.4 Å². The first-order chi connectivity index (χ1) is 17.2. The molecular weight excluding hydrogens is 482 g/mol. The lowest BCUT2D eigenvalue weighted by Crippen LogP contribution is -2.39. The third-order valence-electron chi connectivity index (χ3n) is 4.96. The van der Waals surface area contributed by atoms with Gasteiger partial charge in [-0.25, -0.2) is 18.6 Å². The molecule has 0 unspecified atom stereocenters. The highest BCUT2D eigenvalue weighted by Crippen LogP contribution is 2.25. The first kappa shape index (κ1) is 26.4. The molecule has 0 bridgehead atoms. The molecule has 0 heterocycles. The minimum absolute atomic E-state index is 0.0734. The molecule has 188 valence electrons. The molecule has 3 aromatic rings. The quantitative estimate of drug-likeness (QED) is 0.255. The summed E-state index contributed by atoms with van der Waals surface area (Å²) in [5.74, 6) is -0.714. The number of ether oxygens (including phenoxy) is 2. The van der Waals surface area contributed by atoms with Crippen molar-refractivity contribution in [1.29, 1.82) is 0 Å². The highest BCUT2D eigenvalue weighted by Gasteiger charge is 2.27. The first-order valence-corrected chi connectivity index (χ1v) is 12.4. The van der Waals surface area contributed by atoms with E-state index in [1.807, 2.05) is 19.9 Å². The normalized spacial score (nSPS) is 11.2. The lowest BCUT2D eigenvalue weighted by atomic mass is 10.1. The van der Waals surface area contributed by atoms with Crippen molar-refractivity contribution in [3.8, 4) is 5.75 Å². The van der Waals surface area contributed by atoms with Crippen LogP contribution in [0.25, 0.3) is 0 Å². The van der Waals surface area contributed by atoms with Gasteiger partial charge in [0.25, 0.3) is 15.9 Å². The van der Waals surface area contributed by atoms with E-state index < -0.39 is 28.4 Å². The Morgan fingerprint density at radius 1 is 0.972 bits per heavy atom. The Morgan fingerprint density at radius 3 is 2.33 bits per heavy atom. The number of hydrogen-bond donors (Lipinski definition) is 1. The molecule has 0 atom stereocenters. The molecule has 3 aromatic carbocycles. The summed E-state index contributed by atoms with van der Waals surface area (Å²) in [5, 5.41) is 3.94. The Morgan fingerprint density at radius 2 is 1.67 bits per heavy atom. The predicted molar refractivity (Wildman–Crippen MR) is 137 cm³/mol. The van der Waals surface area contributed by atoms with Crippen LogP contribution in [-0.4, -0.2) is 46.8 Å². The van der Waals surface area contributed by atoms with E-state index in [1.165, 1.54) is 25.5 Å². The number of nitrogens with zero attached hydrogens (tertiary/aromatic N) is 2. The number of benzene rings is 3. The van der Waals surface area contributed by atoms with Gasteiger partial charge in [-0.05, 0) is 66.9 Å². The lowest BCUT2D eigenvalue weighted by molar-refractivity contribution is -0.142. The van der Waals surface area contributed by atoms with Crippen molar-refractivity contribution < 1.29 is 27.5 Å². The molecule has 0 aliphatic heterocycles. The van der Waals surface area contributed by atoms with Crippen molar-refractivity contribution in [3.63, 3.8) is 0 Å². The van der Waals surface area contributed by atoms with Crippen molar-refractivity contribution >= 4 is 33.8 Å². The number of hydrazone groups is 1. The summed E-state index contributed by atoms with van der Waals surface area (Å²) in [6.45, 7) is 3.01. The van der Waals surface area contributed by atoms with Gasteiger partial charge in [-0.3, -0.25) is 9.10 Å². The Bertz CT molecular complexity index is 1340. The zero-order valence-electron chi connectivity index (χ0n) is 20.2. The summed E-state index contributed by atoms with van der Waals surface area (Å²) in [7, 11) is -2.75. The minimum Gasteiger partial charge on any atom is -0.482 e. The number of anilines is 1. The van der Waals surface area contributed by atoms with Gasteiger partial charge in [0, 0.05) is 0 Å². The number of carbonyl (C=O) groups excluding carboxylic acids is 2. The number of sulfonamides is 1. The molecule has 0 aliphatic rings. The third kappa shape index (κ3) is 7.16. The molecule has 0 radical (unpaired) electrons. The fourth-order valence-electron chi connectivity index (χ4n) is 3.36. The van der Waals surface area contributed by atoms with Crippen LogP contribution >= 0.6 is 0 Å². The second-order valence-electron chi connectivity index (χ2n) is 7.90. The molecule has 0 spiro atoms. The molecule has 1 amide bonds. The van der Waals surface area contributed by atoms with Crippen LogP contribution in [0.5, 0.6) is 5.75 Å². The van der Waals surface area contributed by atoms with Crippen molar-refractivity contribution in [2.75, 3.05) is 24.6 Å². The SMILES string of the molecule is COC(=O)COc1cccc(/C=N/NC(=O)CN(c2cc(C)cc(C)c2)S(=O)(=O)c2ccccc2)c1. The van der Waals surface area contributed by atoms with E-state index >= 15 is 0 Å².